The van der Waals surface area contributed by atoms with Crippen molar-refractivity contribution in [2.24, 2.45) is 0 Å². The molecular weight excluding hydrogens is 268 g/mol. The molecule has 2 heterocycles. The summed E-state index contributed by atoms with van der Waals surface area (Å²) in [4.78, 5) is 17.0. The van der Waals surface area contributed by atoms with Crippen molar-refractivity contribution in [3.8, 4) is 0 Å². The lowest BCUT2D eigenvalue weighted by molar-refractivity contribution is -0.133. The van der Waals surface area contributed by atoms with E-state index in [1.165, 1.54) is 0 Å². The van der Waals surface area contributed by atoms with Crippen molar-refractivity contribution in [2.75, 3.05) is 20.3 Å². The zero-order valence-corrected chi connectivity index (χ0v) is 12.1. The average molecular weight is 288 g/mol. The number of nitrogens with zero attached hydrogens (tertiary/aromatic N) is 1. The second-order valence-electron chi connectivity index (χ2n) is 5.58. The summed E-state index contributed by atoms with van der Waals surface area (Å²) in [5, 5.41) is 10.9. The summed E-state index contributed by atoms with van der Waals surface area (Å²) in [7, 11) is 1.74. The Kier molecular flexibility index (Phi) is 3.94. The van der Waals surface area contributed by atoms with Crippen LogP contribution in [0.2, 0.25) is 0 Å². The number of rotatable bonds is 4. The van der Waals surface area contributed by atoms with Gasteiger partial charge >= 0.3 is 0 Å². The molecule has 0 radical (unpaired) electrons. The highest BCUT2D eigenvalue weighted by Gasteiger charge is 2.31. The van der Waals surface area contributed by atoms with Crippen molar-refractivity contribution >= 4 is 16.8 Å². The average Bonchev–Trinajstić information content (AvgIpc) is 3.11. The maximum atomic E-state index is 12.2. The molecular formula is C16H20N2O3. The number of hydrogen-bond acceptors (Lipinski definition) is 3. The fraction of sp³-hybridized carbons (Fsp3) is 0.438. The Balaban J connectivity index is 1.59. The van der Waals surface area contributed by atoms with E-state index in [-0.39, 0.29) is 11.9 Å². The van der Waals surface area contributed by atoms with Crippen LogP contribution >= 0.6 is 0 Å². The molecule has 5 heteroatoms. The minimum atomic E-state index is -0.574. The third-order valence-corrected chi connectivity index (χ3v) is 4.16. The van der Waals surface area contributed by atoms with Crippen LogP contribution in [0.3, 0.4) is 0 Å². The molecule has 1 aromatic carbocycles. The number of aliphatic hydroxyl groups excluding tert-OH is 1. The predicted molar refractivity (Wildman–Crippen MR) is 80.0 cm³/mol. The molecule has 1 aliphatic rings. The lowest BCUT2D eigenvalue weighted by Gasteiger charge is -2.25. The molecule has 21 heavy (non-hydrogen) atoms. The van der Waals surface area contributed by atoms with E-state index >= 15 is 0 Å². The minimum Gasteiger partial charge on any atom is -0.388 e. The molecule has 112 valence electrons. The number of carbonyl (C=O) groups is 1. The fourth-order valence-corrected chi connectivity index (χ4v) is 2.77. The number of amides is 1. The van der Waals surface area contributed by atoms with Crippen LogP contribution < -0.4 is 0 Å². The van der Waals surface area contributed by atoms with Gasteiger partial charge < -0.3 is 19.7 Å². The first-order valence-electron chi connectivity index (χ1n) is 7.22. The van der Waals surface area contributed by atoms with Crippen molar-refractivity contribution < 1.29 is 14.6 Å². The lowest BCUT2D eigenvalue weighted by Crippen LogP contribution is -2.44. The first-order chi connectivity index (χ1) is 10.1. The van der Waals surface area contributed by atoms with Crippen molar-refractivity contribution in [1.82, 2.24) is 9.88 Å². The summed E-state index contributed by atoms with van der Waals surface area (Å²) < 4.78 is 5.20. The third-order valence-electron chi connectivity index (χ3n) is 4.16. The number of benzene rings is 1. The highest BCUT2D eigenvalue weighted by atomic mass is 16.5. The molecule has 1 aromatic heterocycles. The van der Waals surface area contributed by atoms with Crippen LogP contribution in [-0.2, 0) is 16.0 Å². The quantitative estimate of drug-likeness (QED) is 0.891. The van der Waals surface area contributed by atoms with E-state index in [9.17, 15) is 9.90 Å². The van der Waals surface area contributed by atoms with Crippen molar-refractivity contribution in [3.05, 3.63) is 36.0 Å². The predicted octanol–water partition coefficient (Wildman–Crippen LogP) is 1.32. The first kappa shape index (κ1) is 14.1. The Morgan fingerprint density at radius 1 is 1.43 bits per heavy atom. The van der Waals surface area contributed by atoms with Crippen LogP contribution in [0.15, 0.2) is 30.5 Å². The van der Waals surface area contributed by atoms with Gasteiger partial charge in [-0.3, -0.25) is 4.79 Å². The summed E-state index contributed by atoms with van der Waals surface area (Å²) in [5.74, 6) is 0.0405. The van der Waals surface area contributed by atoms with E-state index in [2.05, 4.69) is 11.1 Å². The van der Waals surface area contributed by atoms with Gasteiger partial charge in [0.15, 0.2) is 0 Å². The number of aliphatic hydroxyl groups is 1. The monoisotopic (exact) mass is 288 g/mol. The molecule has 0 spiro atoms. The van der Waals surface area contributed by atoms with E-state index in [4.69, 9.17) is 4.74 Å². The van der Waals surface area contributed by atoms with Crippen LogP contribution in [0.4, 0.5) is 0 Å². The molecule has 0 bridgehead atoms. The zero-order valence-electron chi connectivity index (χ0n) is 12.1. The van der Waals surface area contributed by atoms with Crippen LogP contribution in [-0.4, -0.2) is 53.3 Å². The lowest BCUT2D eigenvalue weighted by atomic mass is 10.1. The smallest absolute Gasteiger partial charge is 0.223 e. The summed E-state index contributed by atoms with van der Waals surface area (Å²) >= 11 is 0. The Labute approximate surface area is 123 Å². The van der Waals surface area contributed by atoms with Crippen LogP contribution in [0.25, 0.3) is 10.9 Å². The number of hydrogen-bond donors (Lipinski definition) is 2. The van der Waals surface area contributed by atoms with E-state index in [0.29, 0.717) is 26.1 Å². The Bertz CT molecular complexity index is 637. The minimum absolute atomic E-state index is 0.0405. The molecule has 0 saturated carbocycles. The maximum absolute atomic E-state index is 12.2. The summed E-state index contributed by atoms with van der Waals surface area (Å²) in [6.07, 6.45) is 2.48. The van der Waals surface area contributed by atoms with Crippen LogP contribution in [0.5, 0.6) is 0 Å². The number of H-pyrrole nitrogens is 1. The topological polar surface area (TPSA) is 65.6 Å². The Morgan fingerprint density at radius 3 is 3.05 bits per heavy atom. The summed E-state index contributed by atoms with van der Waals surface area (Å²) in [6.45, 7) is 0.727. The molecule has 3 rings (SSSR count). The Hall–Kier alpha value is -1.85. The molecule has 5 nitrogen and oxygen atoms in total. The molecule has 2 aromatic rings. The van der Waals surface area contributed by atoms with Gasteiger partial charge in [-0.25, -0.2) is 0 Å². The van der Waals surface area contributed by atoms with Crippen LogP contribution in [0, 0.1) is 0 Å². The van der Waals surface area contributed by atoms with Gasteiger partial charge in [0.2, 0.25) is 5.91 Å². The van der Waals surface area contributed by atoms with Crippen molar-refractivity contribution in [2.45, 2.75) is 25.0 Å². The van der Waals surface area contributed by atoms with Gasteiger partial charge in [0.1, 0.15) is 0 Å². The fourth-order valence-electron chi connectivity index (χ4n) is 2.77. The molecule has 1 saturated heterocycles. The second kappa shape index (κ2) is 5.87. The number of ether oxygens (including phenoxy) is 1. The molecule has 2 atom stereocenters. The molecule has 0 unspecified atom stereocenters. The highest BCUT2D eigenvalue weighted by Crippen LogP contribution is 2.17. The number of aryl methyl sites for hydroxylation is 1. The molecule has 0 aliphatic carbocycles. The maximum Gasteiger partial charge on any atom is 0.223 e. The van der Waals surface area contributed by atoms with Gasteiger partial charge in [0.05, 0.1) is 25.4 Å². The second-order valence-corrected chi connectivity index (χ2v) is 5.58. The van der Waals surface area contributed by atoms with Gasteiger partial charge in [0.25, 0.3) is 0 Å². The van der Waals surface area contributed by atoms with Gasteiger partial charge in [0, 0.05) is 25.2 Å². The standard InChI is InChI=1S/C16H20N2O3/c1-18(14-9-21-10-15(14)19)16(20)5-3-11-2-4-13-12(8-11)6-7-17-13/h2,4,6-8,14-15,17,19H,3,5,9-10H2,1H3/t14-,15-/m1/s1. The largest absolute Gasteiger partial charge is 0.388 e. The number of likely N-dealkylation sites (N-methyl/N-ethyl adjacent to an activating group) is 1. The van der Waals surface area contributed by atoms with Gasteiger partial charge in [-0.15, -0.1) is 0 Å². The first-order valence-corrected chi connectivity index (χ1v) is 7.22. The zero-order chi connectivity index (χ0) is 14.8. The summed E-state index contributed by atoms with van der Waals surface area (Å²) in [6, 6.07) is 7.99. The third kappa shape index (κ3) is 2.94. The SMILES string of the molecule is CN(C(=O)CCc1ccc2[nH]ccc2c1)[C@@H]1COC[C@H]1O. The summed E-state index contributed by atoms with van der Waals surface area (Å²) in [5.41, 5.74) is 2.25. The Morgan fingerprint density at radius 2 is 2.29 bits per heavy atom. The number of aromatic amines is 1. The molecule has 1 aliphatic heterocycles. The molecule has 1 fully saturated rings. The van der Waals surface area contributed by atoms with E-state index in [1.54, 1.807) is 11.9 Å². The molecule has 1 amide bonds. The number of nitrogens with one attached hydrogen (secondary N) is 1. The van der Waals surface area contributed by atoms with Crippen molar-refractivity contribution in [1.29, 1.82) is 0 Å². The van der Waals surface area contributed by atoms with E-state index in [1.807, 2.05) is 24.4 Å². The van der Waals surface area contributed by atoms with Gasteiger partial charge in [-0.05, 0) is 35.6 Å². The number of fused-ring (bicyclic) bond motifs is 1. The van der Waals surface area contributed by atoms with E-state index in [0.717, 1.165) is 16.5 Å². The van der Waals surface area contributed by atoms with Gasteiger partial charge in [-0.1, -0.05) is 6.07 Å². The van der Waals surface area contributed by atoms with Gasteiger partial charge in [-0.2, -0.15) is 0 Å². The molecule has 2 N–H and O–H groups in total. The van der Waals surface area contributed by atoms with E-state index < -0.39 is 6.10 Å². The highest BCUT2D eigenvalue weighted by molar-refractivity contribution is 5.80. The number of aromatic nitrogens is 1. The van der Waals surface area contributed by atoms with Crippen molar-refractivity contribution in [3.63, 3.8) is 0 Å². The number of carbonyl (C=O) groups excluding carboxylic acids is 1. The normalized spacial score (nSPS) is 21.8. The van der Waals surface area contributed by atoms with Crippen LogP contribution in [0.1, 0.15) is 12.0 Å².